The zero-order chi connectivity index (χ0) is 10.8. The minimum Gasteiger partial charge on any atom is -0.395 e. The van der Waals surface area contributed by atoms with Crippen LogP contribution in [0.25, 0.3) is 0 Å². The van der Waals surface area contributed by atoms with E-state index >= 15 is 0 Å². The first-order valence-electron chi connectivity index (χ1n) is 5.02. The topological polar surface area (TPSA) is 52.6 Å². The smallest absolute Gasteiger partial charge is 0.332 e. The zero-order valence-electron chi connectivity index (χ0n) is 8.63. The maximum absolute atomic E-state index is 11.1. The lowest BCUT2D eigenvalue weighted by molar-refractivity contribution is 0.181. The quantitative estimate of drug-likeness (QED) is 0.509. The minimum absolute atomic E-state index is 0.0297. The van der Waals surface area contributed by atoms with Gasteiger partial charge in [0.05, 0.1) is 6.61 Å². The zero-order valence-corrected chi connectivity index (χ0v) is 9.39. The van der Waals surface area contributed by atoms with Crippen molar-refractivity contribution in [2.45, 2.75) is 32.6 Å². The fraction of sp³-hybridized carbons (Fsp3) is 0.889. The van der Waals surface area contributed by atoms with Gasteiger partial charge in [0.25, 0.3) is 0 Å². The average Bonchev–Trinajstić information content (AvgIpc) is 2.21. The third kappa shape index (κ3) is 6.05. The summed E-state index contributed by atoms with van der Waals surface area (Å²) in [6, 6.07) is -0.336. The highest BCUT2D eigenvalue weighted by Gasteiger charge is 2.10. The van der Waals surface area contributed by atoms with Gasteiger partial charge < -0.3 is 10.0 Å². The van der Waals surface area contributed by atoms with Gasteiger partial charge in [-0.25, -0.2) is 9.63 Å². The summed E-state index contributed by atoms with van der Waals surface area (Å²) in [5.74, 6) is 0. The van der Waals surface area contributed by atoms with Gasteiger partial charge in [-0.15, -0.1) is 0 Å². The molecule has 84 valence electrons. The maximum Gasteiger partial charge on any atom is 0.332 e. The monoisotopic (exact) mass is 222 g/mol. The first-order chi connectivity index (χ1) is 6.76. The summed E-state index contributed by atoms with van der Waals surface area (Å²) in [7, 11) is 0. The summed E-state index contributed by atoms with van der Waals surface area (Å²) in [4.78, 5) is 14.7. The van der Waals surface area contributed by atoms with Crippen LogP contribution in [-0.4, -0.2) is 35.7 Å². The van der Waals surface area contributed by atoms with Crippen molar-refractivity contribution in [2.75, 3.05) is 19.7 Å². The predicted octanol–water partition coefficient (Wildman–Crippen LogP) is 1.72. The van der Waals surface area contributed by atoms with Gasteiger partial charge >= 0.3 is 6.03 Å². The summed E-state index contributed by atoms with van der Waals surface area (Å²) in [6.45, 7) is 3.10. The van der Waals surface area contributed by atoms with E-state index in [1.807, 2.05) is 4.84 Å². The average molecular weight is 223 g/mol. The number of rotatable bonds is 7. The molecule has 0 rings (SSSR count). The second kappa shape index (κ2) is 9.09. The van der Waals surface area contributed by atoms with Crippen LogP contribution in [0.4, 0.5) is 4.79 Å². The molecule has 2 N–H and O–H groups in total. The van der Waals surface area contributed by atoms with Gasteiger partial charge in [0.2, 0.25) is 0 Å². The first-order valence-corrected chi connectivity index (χ1v) is 5.40. The van der Waals surface area contributed by atoms with E-state index in [2.05, 4.69) is 6.92 Å². The van der Waals surface area contributed by atoms with Crippen molar-refractivity contribution in [1.82, 2.24) is 9.74 Å². The van der Waals surface area contributed by atoms with Crippen LogP contribution in [0.5, 0.6) is 0 Å². The molecule has 2 amide bonds. The molecule has 0 aliphatic rings. The normalized spacial score (nSPS) is 9.93. The van der Waals surface area contributed by atoms with Crippen LogP contribution >= 0.6 is 11.8 Å². The number of carbonyl (C=O) groups excluding carboxylic acids is 1. The fourth-order valence-corrected chi connectivity index (χ4v) is 1.34. The van der Waals surface area contributed by atoms with Crippen LogP contribution in [0.1, 0.15) is 32.6 Å². The lowest BCUT2D eigenvalue weighted by atomic mass is 10.2. The molecular weight excluding hydrogens is 204 g/mol. The standard InChI is InChI=1S/C9H19ClN2O2/c1-2-3-4-5-6-12(7-8-13)9(14)11-10/h13H,2-8H2,1H3,(H,11,14). The van der Waals surface area contributed by atoms with Gasteiger partial charge in [-0.05, 0) is 6.42 Å². The number of amides is 2. The molecule has 0 aromatic heterocycles. The second-order valence-electron chi connectivity index (χ2n) is 3.17. The number of halogens is 1. The molecule has 0 unspecified atom stereocenters. The molecule has 0 heterocycles. The Bertz CT molecular complexity index is 156. The van der Waals surface area contributed by atoms with Gasteiger partial charge in [-0.2, -0.15) is 0 Å². The van der Waals surface area contributed by atoms with Gasteiger partial charge in [-0.3, -0.25) is 0 Å². The fourth-order valence-electron chi connectivity index (χ4n) is 1.22. The van der Waals surface area contributed by atoms with Crippen molar-refractivity contribution in [3.8, 4) is 0 Å². The van der Waals surface area contributed by atoms with E-state index in [0.29, 0.717) is 13.1 Å². The van der Waals surface area contributed by atoms with Crippen molar-refractivity contribution >= 4 is 17.8 Å². The van der Waals surface area contributed by atoms with E-state index in [1.165, 1.54) is 17.7 Å². The van der Waals surface area contributed by atoms with Crippen molar-refractivity contribution in [1.29, 1.82) is 0 Å². The number of nitrogens with one attached hydrogen (secondary N) is 1. The Morgan fingerprint density at radius 3 is 2.57 bits per heavy atom. The number of unbranched alkanes of at least 4 members (excludes halogenated alkanes) is 3. The third-order valence-electron chi connectivity index (χ3n) is 2.02. The number of hydrogen-bond acceptors (Lipinski definition) is 2. The highest BCUT2D eigenvalue weighted by molar-refractivity contribution is 6.21. The molecular formula is C9H19ClN2O2. The third-order valence-corrected chi connectivity index (χ3v) is 2.18. The largest absolute Gasteiger partial charge is 0.395 e. The van der Waals surface area contributed by atoms with Gasteiger partial charge in [0.1, 0.15) is 0 Å². The number of aliphatic hydroxyl groups is 1. The van der Waals surface area contributed by atoms with Gasteiger partial charge in [-0.1, -0.05) is 26.2 Å². The molecule has 0 saturated carbocycles. The molecule has 14 heavy (non-hydrogen) atoms. The minimum atomic E-state index is -0.336. The Morgan fingerprint density at radius 1 is 1.36 bits per heavy atom. The van der Waals surface area contributed by atoms with E-state index in [-0.39, 0.29) is 12.6 Å². The Balaban J connectivity index is 3.67. The predicted molar refractivity (Wildman–Crippen MR) is 57.2 cm³/mol. The van der Waals surface area contributed by atoms with Crippen LogP contribution in [0, 0.1) is 0 Å². The number of aliphatic hydroxyl groups excluding tert-OH is 1. The number of carbonyl (C=O) groups is 1. The summed E-state index contributed by atoms with van der Waals surface area (Å²) in [5.41, 5.74) is 0. The summed E-state index contributed by atoms with van der Waals surface area (Å²) < 4.78 is 0. The molecule has 0 fully saturated rings. The van der Waals surface area contributed by atoms with Crippen molar-refractivity contribution in [2.24, 2.45) is 0 Å². The summed E-state index contributed by atoms with van der Waals surface area (Å²) in [6.07, 6.45) is 4.41. The van der Waals surface area contributed by atoms with Crippen molar-refractivity contribution < 1.29 is 9.90 Å². The summed E-state index contributed by atoms with van der Waals surface area (Å²) >= 11 is 5.20. The Morgan fingerprint density at radius 2 is 2.07 bits per heavy atom. The van der Waals surface area contributed by atoms with E-state index in [4.69, 9.17) is 16.9 Å². The maximum atomic E-state index is 11.1. The van der Waals surface area contributed by atoms with E-state index < -0.39 is 0 Å². The molecule has 0 aromatic rings. The van der Waals surface area contributed by atoms with E-state index in [1.54, 1.807) is 0 Å². The molecule has 0 spiro atoms. The van der Waals surface area contributed by atoms with Gasteiger partial charge in [0, 0.05) is 24.9 Å². The van der Waals surface area contributed by atoms with Crippen LogP contribution in [0.2, 0.25) is 0 Å². The molecule has 0 aliphatic heterocycles. The molecule has 0 aromatic carbocycles. The SMILES string of the molecule is CCCCCCN(CCO)C(=O)NCl. The number of hydrogen-bond donors (Lipinski definition) is 2. The van der Waals surface area contributed by atoms with Crippen molar-refractivity contribution in [3.05, 3.63) is 0 Å². The molecule has 5 heteroatoms. The van der Waals surface area contributed by atoms with Crippen LogP contribution in [0.3, 0.4) is 0 Å². The number of urea groups is 1. The molecule has 0 saturated heterocycles. The van der Waals surface area contributed by atoms with Crippen molar-refractivity contribution in [3.63, 3.8) is 0 Å². The van der Waals surface area contributed by atoms with Crippen LogP contribution in [0.15, 0.2) is 0 Å². The second-order valence-corrected chi connectivity index (χ2v) is 3.36. The Labute approximate surface area is 90.3 Å². The highest BCUT2D eigenvalue weighted by atomic mass is 35.5. The van der Waals surface area contributed by atoms with E-state index in [9.17, 15) is 4.79 Å². The Kier molecular flexibility index (Phi) is 8.78. The molecule has 0 atom stereocenters. The first kappa shape index (κ1) is 13.5. The highest BCUT2D eigenvalue weighted by Crippen LogP contribution is 2.01. The molecule has 0 bridgehead atoms. The van der Waals surface area contributed by atoms with Crippen LogP contribution in [-0.2, 0) is 0 Å². The van der Waals surface area contributed by atoms with Gasteiger partial charge in [0.15, 0.2) is 0 Å². The molecule has 0 aliphatic carbocycles. The van der Waals surface area contributed by atoms with E-state index in [0.717, 1.165) is 12.8 Å². The van der Waals surface area contributed by atoms with Crippen LogP contribution < -0.4 is 4.84 Å². The Hall–Kier alpha value is -0.480. The molecule has 4 nitrogen and oxygen atoms in total. The summed E-state index contributed by atoms with van der Waals surface area (Å²) in [5, 5.41) is 8.72. The lowest BCUT2D eigenvalue weighted by Gasteiger charge is -2.20. The number of nitrogens with zero attached hydrogens (tertiary/aromatic N) is 1. The lowest BCUT2D eigenvalue weighted by Crippen LogP contribution is -2.38. The molecule has 0 radical (unpaired) electrons.